The van der Waals surface area contributed by atoms with Gasteiger partial charge in [0.2, 0.25) is 6.79 Å². The van der Waals surface area contributed by atoms with Gasteiger partial charge in [-0.25, -0.2) is 4.39 Å². The topological polar surface area (TPSA) is 44.8 Å². The number of ether oxygens (including phenoxy) is 3. The van der Waals surface area contributed by atoms with E-state index in [9.17, 15) is 9.18 Å². The van der Waals surface area contributed by atoms with E-state index >= 15 is 0 Å². The van der Waals surface area contributed by atoms with Gasteiger partial charge in [0, 0.05) is 17.5 Å². The Balaban J connectivity index is 1.88. The van der Waals surface area contributed by atoms with Crippen LogP contribution >= 0.6 is 0 Å². The van der Waals surface area contributed by atoms with Gasteiger partial charge in [-0.05, 0) is 17.7 Å². The third kappa shape index (κ3) is 1.93. The Morgan fingerprint density at radius 1 is 1.00 bits per heavy atom. The van der Waals surface area contributed by atoms with E-state index in [1.54, 1.807) is 30.3 Å². The van der Waals surface area contributed by atoms with E-state index in [-0.39, 0.29) is 30.9 Å². The molecular weight excluding hydrogens is 275 g/mol. The molecule has 0 spiro atoms. The summed E-state index contributed by atoms with van der Waals surface area (Å²) in [6.07, 6.45) is 0.105. The van der Waals surface area contributed by atoms with Crippen LogP contribution in [0.5, 0.6) is 17.2 Å². The van der Waals surface area contributed by atoms with Crippen LogP contribution in [0, 0.1) is 5.82 Å². The third-order valence-electron chi connectivity index (χ3n) is 3.76. The fourth-order valence-electron chi connectivity index (χ4n) is 2.78. The summed E-state index contributed by atoms with van der Waals surface area (Å²) in [5, 5.41) is 0. The average molecular weight is 286 g/mol. The largest absolute Gasteiger partial charge is 0.454 e. The lowest BCUT2D eigenvalue weighted by molar-refractivity contribution is -0.135. The summed E-state index contributed by atoms with van der Waals surface area (Å²) in [6, 6.07) is 9.85. The molecule has 4 rings (SSSR count). The van der Waals surface area contributed by atoms with Crippen LogP contribution in [0.3, 0.4) is 0 Å². The van der Waals surface area contributed by atoms with Crippen LogP contribution in [0.2, 0.25) is 0 Å². The minimum absolute atomic E-state index is 0.105. The fourth-order valence-corrected chi connectivity index (χ4v) is 2.78. The number of hydrogen-bond donors (Lipinski definition) is 0. The van der Waals surface area contributed by atoms with E-state index in [4.69, 9.17) is 14.2 Å². The lowest BCUT2D eigenvalue weighted by Gasteiger charge is -2.25. The molecule has 0 fully saturated rings. The SMILES string of the molecule is O=C1C[C@@H](c2ccccc2F)c2cc3c(cc2O1)OCO3. The third-order valence-corrected chi connectivity index (χ3v) is 3.76. The van der Waals surface area contributed by atoms with Gasteiger partial charge in [-0.2, -0.15) is 0 Å². The van der Waals surface area contributed by atoms with E-state index < -0.39 is 0 Å². The summed E-state index contributed by atoms with van der Waals surface area (Å²) in [6.45, 7) is 0.135. The van der Waals surface area contributed by atoms with Crippen LogP contribution in [0.15, 0.2) is 36.4 Å². The normalized spacial score (nSPS) is 19.1. The summed E-state index contributed by atoms with van der Waals surface area (Å²) < 4.78 is 29.9. The summed E-state index contributed by atoms with van der Waals surface area (Å²) in [5.74, 6) is 0.444. The molecule has 0 radical (unpaired) electrons. The molecule has 2 aromatic carbocycles. The number of carbonyl (C=O) groups is 1. The Morgan fingerprint density at radius 2 is 1.76 bits per heavy atom. The van der Waals surface area contributed by atoms with Crippen molar-refractivity contribution in [3.8, 4) is 17.2 Å². The van der Waals surface area contributed by atoms with Crippen molar-refractivity contribution in [3.63, 3.8) is 0 Å². The molecule has 1 atom stereocenters. The zero-order valence-corrected chi connectivity index (χ0v) is 11.0. The van der Waals surface area contributed by atoms with E-state index in [0.29, 0.717) is 22.8 Å². The van der Waals surface area contributed by atoms with E-state index in [2.05, 4.69) is 0 Å². The monoisotopic (exact) mass is 286 g/mol. The van der Waals surface area contributed by atoms with Gasteiger partial charge in [-0.15, -0.1) is 0 Å². The van der Waals surface area contributed by atoms with Crippen LogP contribution in [0.1, 0.15) is 23.5 Å². The van der Waals surface area contributed by atoms with Crippen LogP contribution < -0.4 is 14.2 Å². The number of hydrogen-bond acceptors (Lipinski definition) is 4. The van der Waals surface area contributed by atoms with Crippen molar-refractivity contribution >= 4 is 5.97 Å². The van der Waals surface area contributed by atoms with Crippen molar-refractivity contribution in [2.45, 2.75) is 12.3 Å². The molecule has 21 heavy (non-hydrogen) atoms. The fraction of sp³-hybridized carbons (Fsp3) is 0.188. The number of carbonyl (C=O) groups excluding carboxylic acids is 1. The van der Waals surface area contributed by atoms with Gasteiger partial charge in [0.05, 0.1) is 6.42 Å². The Kier molecular flexibility index (Phi) is 2.60. The van der Waals surface area contributed by atoms with E-state index in [0.717, 1.165) is 5.56 Å². The molecule has 2 aliphatic rings. The van der Waals surface area contributed by atoms with Crippen molar-refractivity contribution in [2.75, 3.05) is 6.79 Å². The first kappa shape index (κ1) is 12.2. The summed E-state index contributed by atoms with van der Waals surface area (Å²) in [5.41, 5.74) is 1.22. The first-order chi connectivity index (χ1) is 10.2. The van der Waals surface area contributed by atoms with Crippen LogP contribution in [0.4, 0.5) is 4.39 Å². The summed E-state index contributed by atoms with van der Waals surface area (Å²) in [4.78, 5) is 11.8. The Hall–Kier alpha value is -2.56. The summed E-state index contributed by atoms with van der Waals surface area (Å²) in [7, 11) is 0. The first-order valence-electron chi connectivity index (χ1n) is 6.61. The maximum absolute atomic E-state index is 14.1. The lowest BCUT2D eigenvalue weighted by atomic mass is 9.86. The predicted molar refractivity (Wildman–Crippen MR) is 71.1 cm³/mol. The van der Waals surface area contributed by atoms with Gasteiger partial charge in [-0.1, -0.05) is 18.2 Å². The van der Waals surface area contributed by atoms with Gasteiger partial charge >= 0.3 is 5.97 Å². The van der Waals surface area contributed by atoms with E-state index in [1.165, 1.54) is 6.07 Å². The van der Waals surface area contributed by atoms with E-state index in [1.807, 2.05) is 0 Å². The summed E-state index contributed by atoms with van der Waals surface area (Å²) >= 11 is 0. The Bertz CT molecular complexity index is 741. The number of benzene rings is 2. The van der Waals surface area contributed by atoms with Crippen LogP contribution in [-0.2, 0) is 4.79 Å². The molecule has 106 valence electrons. The highest BCUT2D eigenvalue weighted by Gasteiger charge is 2.32. The molecule has 2 heterocycles. The van der Waals surface area contributed by atoms with Gasteiger partial charge < -0.3 is 14.2 Å². The van der Waals surface area contributed by atoms with Gasteiger partial charge in [-0.3, -0.25) is 4.79 Å². The molecule has 0 aromatic heterocycles. The van der Waals surface area contributed by atoms with Crippen molar-refractivity contribution in [2.24, 2.45) is 0 Å². The maximum Gasteiger partial charge on any atom is 0.312 e. The quantitative estimate of drug-likeness (QED) is 0.597. The molecule has 0 saturated carbocycles. The molecule has 0 N–H and O–H groups in total. The van der Waals surface area contributed by atoms with Crippen LogP contribution in [-0.4, -0.2) is 12.8 Å². The standard InChI is InChI=1S/C16H11FO4/c17-12-4-2-1-3-9(12)10-6-16(18)21-13-7-15-14(5-11(10)13)19-8-20-15/h1-5,7,10H,6,8H2/t10-/m0/s1. The maximum atomic E-state index is 14.1. The number of rotatable bonds is 1. The Labute approximate surface area is 120 Å². The molecule has 2 aliphatic heterocycles. The number of fused-ring (bicyclic) bond motifs is 2. The minimum Gasteiger partial charge on any atom is -0.454 e. The number of esters is 1. The molecule has 0 bridgehead atoms. The molecule has 2 aromatic rings. The zero-order valence-electron chi connectivity index (χ0n) is 11.0. The average Bonchev–Trinajstić information content (AvgIpc) is 2.92. The molecule has 0 amide bonds. The lowest BCUT2D eigenvalue weighted by Crippen LogP contribution is -2.21. The second-order valence-corrected chi connectivity index (χ2v) is 5.00. The minimum atomic E-state index is -0.380. The molecule has 4 nitrogen and oxygen atoms in total. The van der Waals surface area contributed by atoms with Crippen LogP contribution in [0.25, 0.3) is 0 Å². The second kappa shape index (κ2) is 4.48. The Morgan fingerprint density at radius 3 is 2.57 bits per heavy atom. The number of halogens is 1. The van der Waals surface area contributed by atoms with Crippen molar-refractivity contribution in [3.05, 3.63) is 53.3 Å². The molecule has 0 saturated heterocycles. The molecular formula is C16H11FO4. The van der Waals surface area contributed by atoms with Gasteiger partial charge in [0.1, 0.15) is 11.6 Å². The van der Waals surface area contributed by atoms with Gasteiger partial charge in [0.15, 0.2) is 11.5 Å². The van der Waals surface area contributed by atoms with Crippen molar-refractivity contribution in [1.82, 2.24) is 0 Å². The smallest absolute Gasteiger partial charge is 0.312 e. The highest BCUT2D eigenvalue weighted by Crippen LogP contribution is 2.46. The predicted octanol–water partition coefficient (Wildman–Crippen LogP) is 3.00. The highest BCUT2D eigenvalue weighted by atomic mass is 19.1. The molecule has 0 unspecified atom stereocenters. The van der Waals surface area contributed by atoms with Crippen molar-refractivity contribution in [1.29, 1.82) is 0 Å². The molecule has 0 aliphatic carbocycles. The van der Waals surface area contributed by atoms with Gasteiger partial charge in [0.25, 0.3) is 0 Å². The second-order valence-electron chi connectivity index (χ2n) is 5.00. The first-order valence-corrected chi connectivity index (χ1v) is 6.61. The zero-order chi connectivity index (χ0) is 14.4. The highest BCUT2D eigenvalue weighted by molar-refractivity contribution is 5.78. The molecule has 5 heteroatoms. The van der Waals surface area contributed by atoms with Crippen molar-refractivity contribution < 1.29 is 23.4 Å².